The maximum Gasteiger partial charge on any atom is 0.586 e. The van der Waals surface area contributed by atoms with Crippen LogP contribution in [-0.4, -0.2) is 24.0 Å². The Kier molecular flexibility index (Phi) is 3.16. The van der Waals surface area contributed by atoms with E-state index in [4.69, 9.17) is 16.7 Å². The van der Waals surface area contributed by atoms with E-state index in [2.05, 4.69) is 14.8 Å². The number of halogens is 3. The highest BCUT2D eigenvalue weighted by Gasteiger charge is 2.43. The monoisotopic (exact) mass is 279 g/mol. The minimum atomic E-state index is -3.69. The Morgan fingerprint density at radius 2 is 2.00 bits per heavy atom. The third-order valence-electron chi connectivity index (χ3n) is 2.24. The van der Waals surface area contributed by atoms with Crippen molar-refractivity contribution < 1.29 is 28.2 Å². The fourth-order valence-corrected chi connectivity index (χ4v) is 1.76. The van der Waals surface area contributed by atoms with Crippen molar-refractivity contribution in [3.8, 4) is 11.5 Å². The molecule has 1 aromatic rings. The average molecular weight is 280 g/mol. The van der Waals surface area contributed by atoms with Crippen LogP contribution in [0.1, 0.15) is 5.56 Å². The fraction of sp³-hybridized carbons (Fsp3) is 0.300. The van der Waals surface area contributed by atoms with Crippen molar-refractivity contribution in [2.24, 2.45) is 0 Å². The summed E-state index contributed by atoms with van der Waals surface area (Å²) in [6, 6.07) is 2.52. The number of carbonyl (C=O) groups is 1. The zero-order chi connectivity index (χ0) is 13.3. The van der Waals surface area contributed by atoms with E-state index in [0.29, 0.717) is 5.56 Å². The summed E-state index contributed by atoms with van der Waals surface area (Å²) in [7, 11) is 0. The van der Waals surface area contributed by atoms with Crippen molar-refractivity contribution in [2.75, 3.05) is 6.54 Å². The average Bonchev–Trinajstić information content (AvgIpc) is 2.51. The lowest BCUT2D eigenvalue weighted by molar-refractivity contribution is -0.286. The highest BCUT2D eigenvalue weighted by Crippen LogP contribution is 2.43. The molecule has 0 radical (unpaired) electrons. The van der Waals surface area contributed by atoms with Crippen molar-refractivity contribution in [1.82, 2.24) is 5.32 Å². The number of alkyl halides is 2. The van der Waals surface area contributed by atoms with E-state index in [-0.39, 0.29) is 29.5 Å². The van der Waals surface area contributed by atoms with Crippen LogP contribution >= 0.6 is 11.6 Å². The Labute approximate surface area is 105 Å². The minimum absolute atomic E-state index is 0.116. The lowest BCUT2D eigenvalue weighted by Gasteiger charge is -2.05. The highest BCUT2D eigenvalue weighted by atomic mass is 35.5. The molecule has 2 rings (SSSR count). The van der Waals surface area contributed by atoms with E-state index >= 15 is 0 Å². The van der Waals surface area contributed by atoms with Crippen molar-refractivity contribution in [3.63, 3.8) is 0 Å². The van der Waals surface area contributed by atoms with Gasteiger partial charge in [0.15, 0.2) is 11.5 Å². The SMILES string of the molecule is O=C(O)NCCc1cc2c(cc1Cl)OC(F)(F)O2. The number of hydrogen-bond acceptors (Lipinski definition) is 3. The smallest absolute Gasteiger partial charge is 0.465 e. The molecule has 0 fully saturated rings. The molecule has 0 unspecified atom stereocenters. The van der Waals surface area contributed by atoms with Gasteiger partial charge in [0.05, 0.1) is 0 Å². The largest absolute Gasteiger partial charge is 0.586 e. The summed E-state index contributed by atoms with van der Waals surface area (Å²) in [4.78, 5) is 10.3. The number of nitrogens with one attached hydrogen (secondary N) is 1. The van der Waals surface area contributed by atoms with Crippen LogP contribution in [0.2, 0.25) is 5.02 Å². The third-order valence-corrected chi connectivity index (χ3v) is 2.59. The lowest BCUT2D eigenvalue weighted by atomic mass is 10.1. The zero-order valence-corrected chi connectivity index (χ0v) is 9.63. The summed E-state index contributed by atoms with van der Waals surface area (Å²) >= 11 is 5.86. The Hall–Kier alpha value is -1.76. The molecule has 98 valence electrons. The first-order valence-corrected chi connectivity index (χ1v) is 5.30. The topological polar surface area (TPSA) is 67.8 Å². The summed E-state index contributed by atoms with van der Waals surface area (Å²) < 4.78 is 34.1. The number of ether oxygens (including phenoxy) is 2. The summed E-state index contributed by atoms with van der Waals surface area (Å²) in [5, 5.41) is 10.7. The van der Waals surface area contributed by atoms with Gasteiger partial charge in [0.2, 0.25) is 0 Å². The molecule has 5 nitrogen and oxygen atoms in total. The van der Waals surface area contributed by atoms with Crippen LogP contribution in [0.25, 0.3) is 0 Å². The quantitative estimate of drug-likeness (QED) is 0.892. The first-order valence-electron chi connectivity index (χ1n) is 4.92. The van der Waals surface area contributed by atoms with E-state index < -0.39 is 12.4 Å². The maximum atomic E-state index is 12.8. The Balaban J connectivity index is 2.12. The van der Waals surface area contributed by atoms with Gasteiger partial charge in [-0.1, -0.05) is 11.6 Å². The second-order valence-electron chi connectivity index (χ2n) is 3.54. The van der Waals surface area contributed by atoms with Crippen molar-refractivity contribution in [3.05, 3.63) is 22.7 Å². The van der Waals surface area contributed by atoms with Gasteiger partial charge in [0, 0.05) is 17.6 Å². The zero-order valence-electron chi connectivity index (χ0n) is 8.87. The Bertz CT molecular complexity index is 495. The minimum Gasteiger partial charge on any atom is -0.465 e. The van der Waals surface area contributed by atoms with Crippen LogP contribution < -0.4 is 14.8 Å². The number of amides is 1. The van der Waals surface area contributed by atoms with E-state index in [1.807, 2.05) is 0 Å². The molecule has 0 aromatic heterocycles. The molecule has 0 atom stereocenters. The van der Waals surface area contributed by atoms with E-state index in [0.717, 1.165) is 0 Å². The van der Waals surface area contributed by atoms with Gasteiger partial charge < -0.3 is 19.9 Å². The Morgan fingerprint density at radius 3 is 2.61 bits per heavy atom. The first kappa shape index (κ1) is 12.7. The molecular weight excluding hydrogens is 272 g/mol. The van der Waals surface area contributed by atoms with E-state index in [9.17, 15) is 13.6 Å². The summed E-state index contributed by atoms with van der Waals surface area (Å²) in [5.41, 5.74) is 0.491. The van der Waals surface area contributed by atoms with Gasteiger partial charge in [0.1, 0.15) is 0 Å². The van der Waals surface area contributed by atoms with E-state index in [1.165, 1.54) is 12.1 Å². The number of hydrogen-bond donors (Lipinski definition) is 2. The summed E-state index contributed by atoms with van der Waals surface area (Å²) in [6.45, 7) is 0.116. The van der Waals surface area contributed by atoms with Gasteiger partial charge in [-0.05, 0) is 18.1 Å². The molecule has 18 heavy (non-hydrogen) atoms. The highest BCUT2D eigenvalue weighted by molar-refractivity contribution is 6.31. The van der Waals surface area contributed by atoms with Gasteiger partial charge in [-0.2, -0.15) is 0 Å². The van der Waals surface area contributed by atoms with E-state index in [1.54, 1.807) is 0 Å². The van der Waals surface area contributed by atoms with Gasteiger partial charge in [-0.3, -0.25) is 0 Å². The second kappa shape index (κ2) is 4.49. The number of fused-ring (bicyclic) bond motifs is 1. The standard InChI is InChI=1S/C10H8ClF2NO4/c11-6-4-8-7(17-10(12,13)18-8)3-5(6)1-2-14-9(15)16/h3-4,14H,1-2H2,(H,15,16). The molecule has 1 aromatic carbocycles. The maximum absolute atomic E-state index is 12.8. The third kappa shape index (κ3) is 2.73. The van der Waals surface area contributed by atoms with Crippen molar-refractivity contribution >= 4 is 17.7 Å². The van der Waals surface area contributed by atoms with Crippen LogP contribution in [0.3, 0.4) is 0 Å². The van der Waals surface area contributed by atoms with Crippen molar-refractivity contribution in [2.45, 2.75) is 12.7 Å². The van der Waals surface area contributed by atoms with Crippen LogP contribution in [0.15, 0.2) is 12.1 Å². The first-order chi connectivity index (χ1) is 8.37. The van der Waals surface area contributed by atoms with Gasteiger partial charge >= 0.3 is 12.4 Å². The van der Waals surface area contributed by atoms with Crippen LogP contribution in [0, 0.1) is 0 Å². The molecule has 0 spiro atoms. The number of benzene rings is 1. The fourth-order valence-electron chi connectivity index (χ4n) is 1.51. The molecule has 1 amide bonds. The molecule has 8 heteroatoms. The molecule has 2 N–H and O–H groups in total. The lowest BCUT2D eigenvalue weighted by Crippen LogP contribution is -2.25. The molecule has 0 aliphatic carbocycles. The normalized spacial score (nSPS) is 15.5. The molecule has 0 saturated heterocycles. The van der Waals surface area contributed by atoms with Crippen LogP contribution in [-0.2, 0) is 6.42 Å². The number of rotatable bonds is 3. The van der Waals surface area contributed by atoms with Crippen molar-refractivity contribution in [1.29, 1.82) is 0 Å². The number of carboxylic acid groups (broad SMARTS) is 1. The predicted molar refractivity (Wildman–Crippen MR) is 57.4 cm³/mol. The Morgan fingerprint density at radius 1 is 1.39 bits per heavy atom. The van der Waals surface area contributed by atoms with Gasteiger partial charge in [0.25, 0.3) is 0 Å². The molecule has 1 heterocycles. The molecule has 1 aliphatic heterocycles. The second-order valence-corrected chi connectivity index (χ2v) is 3.95. The van der Waals surface area contributed by atoms with Crippen LogP contribution in [0.5, 0.6) is 11.5 Å². The predicted octanol–water partition coefficient (Wildman–Crippen LogP) is 2.47. The van der Waals surface area contributed by atoms with Gasteiger partial charge in [-0.15, -0.1) is 8.78 Å². The van der Waals surface area contributed by atoms with Gasteiger partial charge in [-0.25, -0.2) is 4.79 Å². The summed E-state index contributed by atoms with van der Waals surface area (Å²) in [6.07, 6.45) is -4.60. The summed E-state index contributed by atoms with van der Waals surface area (Å²) in [5.74, 6) is -0.255. The molecule has 1 aliphatic rings. The molecule has 0 saturated carbocycles. The molecular formula is C10H8ClF2NO4. The van der Waals surface area contributed by atoms with Crippen LogP contribution in [0.4, 0.5) is 13.6 Å². The molecule has 0 bridgehead atoms.